The highest BCUT2D eigenvalue weighted by molar-refractivity contribution is 7.89. The lowest BCUT2D eigenvalue weighted by Gasteiger charge is -2.37. The van der Waals surface area contributed by atoms with Crippen molar-refractivity contribution in [3.8, 4) is 0 Å². The van der Waals surface area contributed by atoms with Crippen LogP contribution in [0.4, 0.5) is 0 Å². The maximum atomic E-state index is 12.3. The van der Waals surface area contributed by atoms with E-state index in [9.17, 15) is 13.5 Å². The molecule has 19 heavy (non-hydrogen) atoms. The standard InChI is InChI=1S/C14H21NO3S/c1-11-6-8-12(9-7-11)19(17,18)15-13-5-3-4-10-14(13,2)16/h6-9,13,15-16H,3-5,10H2,1-2H3/t13-,14+/m0/s1. The van der Waals surface area contributed by atoms with Crippen molar-refractivity contribution in [3.63, 3.8) is 0 Å². The number of benzene rings is 1. The van der Waals surface area contributed by atoms with Gasteiger partial charge in [-0.3, -0.25) is 0 Å². The molecular formula is C14H21NO3S. The quantitative estimate of drug-likeness (QED) is 0.891. The van der Waals surface area contributed by atoms with E-state index in [0.29, 0.717) is 12.8 Å². The minimum absolute atomic E-state index is 0.250. The van der Waals surface area contributed by atoms with Crippen LogP contribution in [0, 0.1) is 6.92 Å². The summed E-state index contributed by atoms with van der Waals surface area (Å²) >= 11 is 0. The molecule has 1 aliphatic rings. The van der Waals surface area contributed by atoms with Crippen molar-refractivity contribution in [3.05, 3.63) is 29.8 Å². The molecule has 1 aromatic carbocycles. The van der Waals surface area contributed by atoms with E-state index in [-0.39, 0.29) is 4.90 Å². The van der Waals surface area contributed by atoms with Gasteiger partial charge in [0.25, 0.3) is 0 Å². The first kappa shape index (κ1) is 14.5. The van der Waals surface area contributed by atoms with Gasteiger partial charge in [-0.05, 0) is 38.8 Å². The molecule has 1 saturated carbocycles. The summed E-state index contributed by atoms with van der Waals surface area (Å²) in [5.41, 5.74) is 0.0549. The molecule has 0 bridgehead atoms. The van der Waals surface area contributed by atoms with Crippen LogP contribution in [0.5, 0.6) is 0 Å². The first-order valence-corrected chi connectivity index (χ1v) is 8.11. The first-order valence-electron chi connectivity index (χ1n) is 6.63. The van der Waals surface area contributed by atoms with Crippen molar-refractivity contribution in [2.75, 3.05) is 0 Å². The predicted octanol–water partition coefficient (Wildman–Crippen LogP) is 1.97. The average Bonchev–Trinajstić information content (AvgIpc) is 2.32. The summed E-state index contributed by atoms with van der Waals surface area (Å²) in [5.74, 6) is 0. The Morgan fingerprint density at radius 3 is 2.47 bits per heavy atom. The van der Waals surface area contributed by atoms with Crippen LogP contribution >= 0.6 is 0 Å². The van der Waals surface area contributed by atoms with E-state index in [1.54, 1.807) is 31.2 Å². The minimum atomic E-state index is -3.56. The highest BCUT2D eigenvalue weighted by Crippen LogP contribution is 2.29. The van der Waals surface area contributed by atoms with Crippen LogP contribution < -0.4 is 4.72 Å². The topological polar surface area (TPSA) is 66.4 Å². The van der Waals surface area contributed by atoms with Crippen molar-refractivity contribution in [1.82, 2.24) is 4.72 Å². The molecule has 5 heteroatoms. The van der Waals surface area contributed by atoms with Crippen molar-refractivity contribution in [2.45, 2.75) is 56.1 Å². The van der Waals surface area contributed by atoms with Crippen molar-refractivity contribution in [2.24, 2.45) is 0 Å². The first-order chi connectivity index (χ1) is 8.81. The summed E-state index contributed by atoms with van der Waals surface area (Å²) in [6.45, 7) is 3.62. The van der Waals surface area contributed by atoms with Crippen LogP contribution in [0.2, 0.25) is 0 Å². The number of hydrogen-bond acceptors (Lipinski definition) is 3. The van der Waals surface area contributed by atoms with Crippen molar-refractivity contribution in [1.29, 1.82) is 0 Å². The van der Waals surface area contributed by atoms with E-state index in [4.69, 9.17) is 0 Å². The SMILES string of the molecule is Cc1ccc(S(=O)(=O)N[C@H]2CCCC[C@@]2(C)O)cc1. The van der Waals surface area contributed by atoms with E-state index in [0.717, 1.165) is 18.4 Å². The Morgan fingerprint density at radius 2 is 1.89 bits per heavy atom. The maximum absolute atomic E-state index is 12.3. The molecule has 106 valence electrons. The molecular weight excluding hydrogens is 262 g/mol. The third-order valence-corrected chi connectivity index (χ3v) is 5.29. The van der Waals surface area contributed by atoms with E-state index in [1.807, 2.05) is 6.92 Å². The Labute approximate surface area is 114 Å². The van der Waals surface area contributed by atoms with Crippen LogP contribution in [-0.4, -0.2) is 25.2 Å². The molecule has 4 nitrogen and oxygen atoms in total. The fraction of sp³-hybridized carbons (Fsp3) is 0.571. The Hall–Kier alpha value is -0.910. The smallest absolute Gasteiger partial charge is 0.240 e. The van der Waals surface area contributed by atoms with Crippen LogP contribution in [0.25, 0.3) is 0 Å². The highest BCUT2D eigenvalue weighted by atomic mass is 32.2. The van der Waals surface area contributed by atoms with Gasteiger partial charge in [-0.1, -0.05) is 30.5 Å². The zero-order valence-electron chi connectivity index (χ0n) is 11.4. The van der Waals surface area contributed by atoms with Gasteiger partial charge in [0.05, 0.1) is 16.5 Å². The average molecular weight is 283 g/mol. The molecule has 0 aliphatic heterocycles. The fourth-order valence-corrected chi connectivity index (χ4v) is 3.85. The number of aliphatic hydroxyl groups is 1. The molecule has 2 atom stereocenters. The van der Waals surface area contributed by atoms with Gasteiger partial charge < -0.3 is 5.11 Å². The van der Waals surface area contributed by atoms with E-state index >= 15 is 0 Å². The Balaban J connectivity index is 2.19. The molecule has 1 aromatic rings. The van der Waals surface area contributed by atoms with Crippen LogP contribution in [0.1, 0.15) is 38.2 Å². The lowest BCUT2D eigenvalue weighted by molar-refractivity contribution is -0.00219. The summed E-state index contributed by atoms with van der Waals surface area (Å²) in [6.07, 6.45) is 3.19. The molecule has 0 spiro atoms. The molecule has 0 heterocycles. The van der Waals surface area contributed by atoms with Gasteiger partial charge in [0, 0.05) is 0 Å². The molecule has 0 saturated heterocycles. The third-order valence-electron chi connectivity index (χ3n) is 3.81. The van der Waals surface area contributed by atoms with Crippen LogP contribution in [0.15, 0.2) is 29.2 Å². The molecule has 0 unspecified atom stereocenters. The van der Waals surface area contributed by atoms with Crippen molar-refractivity contribution < 1.29 is 13.5 Å². The second-order valence-electron chi connectivity index (χ2n) is 5.59. The monoisotopic (exact) mass is 283 g/mol. The second-order valence-corrected chi connectivity index (χ2v) is 7.30. The number of nitrogens with one attached hydrogen (secondary N) is 1. The third kappa shape index (κ3) is 3.35. The fourth-order valence-electron chi connectivity index (χ4n) is 2.48. The van der Waals surface area contributed by atoms with Crippen LogP contribution in [-0.2, 0) is 10.0 Å². The number of rotatable bonds is 3. The van der Waals surface area contributed by atoms with Gasteiger partial charge in [-0.15, -0.1) is 0 Å². The Bertz CT molecular complexity index is 534. The van der Waals surface area contributed by atoms with Crippen LogP contribution in [0.3, 0.4) is 0 Å². The molecule has 0 radical (unpaired) electrons. The molecule has 2 rings (SSSR count). The summed E-state index contributed by atoms with van der Waals surface area (Å²) in [6, 6.07) is 6.32. The number of aryl methyl sites for hydroxylation is 1. The molecule has 0 amide bonds. The highest BCUT2D eigenvalue weighted by Gasteiger charge is 2.37. The largest absolute Gasteiger partial charge is 0.389 e. The van der Waals surface area contributed by atoms with E-state index in [1.165, 1.54) is 0 Å². The van der Waals surface area contributed by atoms with Gasteiger partial charge in [-0.25, -0.2) is 13.1 Å². The van der Waals surface area contributed by atoms with E-state index < -0.39 is 21.7 Å². The van der Waals surface area contributed by atoms with E-state index in [2.05, 4.69) is 4.72 Å². The summed E-state index contributed by atoms with van der Waals surface area (Å²) in [5, 5.41) is 10.3. The lowest BCUT2D eigenvalue weighted by Crippen LogP contribution is -2.52. The normalized spacial score (nSPS) is 28.3. The van der Waals surface area contributed by atoms with Gasteiger partial charge in [0.1, 0.15) is 0 Å². The van der Waals surface area contributed by atoms with Gasteiger partial charge >= 0.3 is 0 Å². The summed E-state index contributed by atoms with van der Waals surface area (Å²) < 4.78 is 27.2. The second kappa shape index (κ2) is 5.23. The number of hydrogen-bond donors (Lipinski definition) is 2. The minimum Gasteiger partial charge on any atom is -0.389 e. The van der Waals surface area contributed by atoms with Gasteiger partial charge in [0.15, 0.2) is 0 Å². The molecule has 2 N–H and O–H groups in total. The summed E-state index contributed by atoms with van der Waals surface area (Å²) in [4.78, 5) is 0.250. The Morgan fingerprint density at radius 1 is 1.26 bits per heavy atom. The zero-order valence-corrected chi connectivity index (χ0v) is 12.2. The summed E-state index contributed by atoms with van der Waals surface area (Å²) in [7, 11) is -3.56. The molecule has 1 fully saturated rings. The molecule has 1 aliphatic carbocycles. The lowest BCUT2D eigenvalue weighted by atomic mass is 9.82. The molecule has 0 aromatic heterocycles. The number of sulfonamides is 1. The zero-order chi connectivity index (χ0) is 14.1. The van der Waals surface area contributed by atoms with Gasteiger partial charge in [0.2, 0.25) is 10.0 Å². The Kier molecular flexibility index (Phi) is 3.99. The van der Waals surface area contributed by atoms with Gasteiger partial charge in [-0.2, -0.15) is 0 Å². The van der Waals surface area contributed by atoms with Crippen molar-refractivity contribution >= 4 is 10.0 Å². The maximum Gasteiger partial charge on any atom is 0.240 e. The predicted molar refractivity (Wildman–Crippen MR) is 74.4 cm³/mol.